The van der Waals surface area contributed by atoms with Crippen molar-refractivity contribution >= 4 is 39.5 Å². The number of nitrogens with zero attached hydrogens (tertiary/aromatic N) is 3. The molecule has 2 aromatic carbocycles. The van der Waals surface area contributed by atoms with Gasteiger partial charge in [0.25, 0.3) is 5.56 Å². The Labute approximate surface area is 208 Å². The van der Waals surface area contributed by atoms with E-state index in [2.05, 4.69) is 30.7 Å². The summed E-state index contributed by atoms with van der Waals surface area (Å²) in [7, 11) is 0. The molecular weight excluding hydrogens is 456 g/mol. The monoisotopic (exact) mass is 484 g/mol. The molecule has 184 valence electrons. The number of aromatic amines is 1. The number of aromatic nitrogens is 2. The summed E-state index contributed by atoms with van der Waals surface area (Å²) in [4.78, 5) is 33.8. The van der Waals surface area contributed by atoms with Gasteiger partial charge in [-0.15, -0.1) is 4.91 Å². The van der Waals surface area contributed by atoms with Crippen molar-refractivity contribution in [1.29, 1.82) is 0 Å². The van der Waals surface area contributed by atoms with Gasteiger partial charge in [-0.2, -0.15) is 0 Å². The van der Waals surface area contributed by atoms with Crippen LogP contribution in [-0.2, 0) is 0 Å². The molecule has 1 aliphatic heterocycles. The molecule has 3 heterocycles. The van der Waals surface area contributed by atoms with Gasteiger partial charge < -0.3 is 20.4 Å². The molecule has 5 rings (SSSR count). The van der Waals surface area contributed by atoms with E-state index in [1.807, 2.05) is 43.3 Å². The van der Waals surface area contributed by atoms with Gasteiger partial charge in [0.15, 0.2) is 0 Å². The highest BCUT2D eigenvalue weighted by Crippen LogP contribution is 2.33. The lowest BCUT2D eigenvalue weighted by atomic mass is 10.1. The average Bonchev–Trinajstić information content (AvgIpc) is 3.39. The van der Waals surface area contributed by atoms with E-state index < -0.39 is 0 Å². The fraction of sp³-hybridized carbons (Fsp3) is 0.259. The second-order valence-electron chi connectivity index (χ2n) is 8.86. The fourth-order valence-corrected chi connectivity index (χ4v) is 4.46. The first-order chi connectivity index (χ1) is 17.6. The molecule has 0 unspecified atom stereocenters. The average molecular weight is 485 g/mol. The maximum absolute atomic E-state index is 12.6. The molecule has 9 nitrogen and oxygen atoms in total. The summed E-state index contributed by atoms with van der Waals surface area (Å²) in [5, 5.41) is 10.7. The van der Waals surface area contributed by atoms with Gasteiger partial charge in [0.2, 0.25) is 0 Å². The number of nitroso groups, excluding NO2 is 1. The van der Waals surface area contributed by atoms with Crippen LogP contribution in [0, 0.1) is 11.8 Å². The summed E-state index contributed by atoms with van der Waals surface area (Å²) < 4.78 is 5.89. The molecule has 4 aromatic rings. The Bertz CT molecular complexity index is 1430. The Morgan fingerprint density at radius 1 is 1.08 bits per heavy atom. The van der Waals surface area contributed by atoms with Crippen molar-refractivity contribution in [3.8, 4) is 5.75 Å². The van der Waals surface area contributed by atoms with Gasteiger partial charge >= 0.3 is 0 Å². The second kappa shape index (κ2) is 10.6. The molecular formula is C27H28N6O3. The van der Waals surface area contributed by atoms with E-state index in [0.29, 0.717) is 40.4 Å². The third-order valence-corrected chi connectivity index (χ3v) is 6.34. The summed E-state index contributed by atoms with van der Waals surface area (Å²) in [5.41, 5.74) is 2.14. The summed E-state index contributed by atoms with van der Waals surface area (Å²) in [6.07, 6.45) is 4.13. The van der Waals surface area contributed by atoms with E-state index in [1.54, 1.807) is 24.4 Å². The smallest absolute Gasteiger partial charge is 0.259 e. The molecule has 36 heavy (non-hydrogen) atoms. The maximum atomic E-state index is 12.6. The summed E-state index contributed by atoms with van der Waals surface area (Å²) in [6.45, 7) is 5.70. The van der Waals surface area contributed by atoms with Crippen LogP contribution in [0.4, 0.5) is 28.7 Å². The van der Waals surface area contributed by atoms with E-state index >= 15 is 0 Å². The number of pyridine rings is 2. The Kier molecular flexibility index (Phi) is 6.90. The molecule has 1 fully saturated rings. The minimum Gasteiger partial charge on any atom is -0.492 e. The normalized spacial score (nSPS) is 13.6. The zero-order valence-corrected chi connectivity index (χ0v) is 20.1. The highest BCUT2D eigenvalue weighted by molar-refractivity contribution is 5.95. The minimum absolute atomic E-state index is 0.248. The number of benzene rings is 2. The van der Waals surface area contributed by atoms with Gasteiger partial charge in [-0.25, -0.2) is 4.98 Å². The zero-order valence-electron chi connectivity index (χ0n) is 20.1. The van der Waals surface area contributed by atoms with Gasteiger partial charge in [0, 0.05) is 18.4 Å². The van der Waals surface area contributed by atoms with E-state index in [4.69, 9.17) is 4.74 Å². The van der Waals surface area contributed by atoms with Crippen molar-refractivity contribution < 1.29 is 4.74 Å². The van der Waals surface area contributed by atoms with Crippen LogP contribution in [0.2, 0.25) is 0 Å². The molecule has 2 aromatic heterocycles. The van der Waals surface area contributed by atoms with Crippen LogP contribution >= 0.6 is 0 Å². The third-order valence-electron chi connectivity index (χ3n) is 6.34. The van der Waals surface area contributed by atoms with Crippen molar-refractivity contribution in [2.75, 3.05) is 36.9 Å². The lowest BCUT2D eigenvalue weighted by molar-refractivity contribution is 0.238. The maximum Gasteiger partial charge on any atom is 0.259 e. The zero-order chi connectivity index (χ0) is 24.9. The van der Waals surface area contributed by atoms with Crippen molar-refractivity contribution in [1.82, 2.24) is 14.9 Å². The van der Waals surface area contributed by atoms with Crippen LogP contribution in [0.5, 0.6) is 5.75 Å². The van der Waals surface area contributed by atoms with Gasteiger partial charge in [0.1, 0.15) is 29.7 Å². The van der Waals surface area contributed by atoms with Crippen molar-refractivity contribution in [3.05, 3.63) is 81.6 Å². The number of likely N-dealkylation sites (tertiary alicyclic amines) is 1. The Morgan fingerprint density at radius 3 is 2.67 bits per heavy atom. The summed E-state index contributed by atoms with van der Waals surface area (Å²) in [5.74, 6) is 1.67. The number of aryl methyl sites for hydroxylation is 1. The first-order valence-electron chi connectivity index (χ1n) is 12.1. The van der Waals surface area contributed by atoms with Crippen LogP contribution in [-0.4, -0.2) is 41.1 Å². The van der Waals surface area contributed by atoms with Crippen molar-refractivity contribution in [2.45, 2.75) is 19.8 Å². The summed E-state index contributed by atoms with van der Waals surface area (Å²) in [6, 6.07) is 16.6. The number of H-pyrrole nitrogens is 1. The molecule has 0 bridgehead atoms. The highest BCUT2D eigenvalue weighted by atomic mass is 16.5. The SMILES string of the molecule is Cc1cccc(Nc2cc3cc[nH]c(=O)c3c(Nc3ccc(OCCN4CCCC4)cc3)n2)c1N=O. The largest absolute Gasteiger partial charge is 0.492 e. The molecule has 1 aliphatic rings. The van der Waals surface area contributed by atoms with Crippen LogP contribution in [0.1, 0.15) is 18.4 Å². The molecule has 0 aliphatic carbocycles. The van der Waals surface area contributed by atoms with Gasteiger partial charge in [-0.05, 0) is 91.4 Å². The van der Waals surface area contributed by atoms with Crippen LogP contribution in [0.25, 0.3) is 10.8 Å². The van der Waals surface area contributed by atoms with E-state index in [9.17, 15) is 9.70 Å². The van der Waals surface area contributed by atoms with Crippen molar-refractivity contribution in [3.63, 3.8) is 0 Å². The lowest BCUT2D eigenvalue weighted by Crippen LogP contribution is -2.25. The number of fused-ring (bicyclic) bond motifs is 1. The Balaban J connectivity index is 1.38. The predicted octanol–water partition coefficient (Wildman–Crippen LogP) is 5.59. The number of hydrogen-bond donors (Lipinski definition) is 3. The van der Waals surface area contributed by atoms with Crippen LogP contribution in [0.15, 0.2) is 70.8 Å². The quantitative estimate of drug-likeness (QED) is 0.265. The minimum atomic E-state index is -0.248. The molecule has 3 N–H and O–H groups in total. The predicted molar refractivity (Wildman–Crippen MR) is 143 cm³/mol. The number of hydrogen-bond acceptors (Lipinski definition) is 8. The standard InChI is InChI=1S/C27H28N6O3/c1-18-5-4-6-22(25(18)32-35)30-23-17-19-11-12-28-27(34)24(19)26(31-23)29-20-7-9-21(10-8-20)36-16-15-33-13-2-3-14-33/h4-12,17H,2-3,13-16H2,1H3,(H,28,34)(H2,29,30,31). The number of rotatable bonds is 9. The van der Waals surface area contributed by atoms with Crippen LogP contribution < -0.4 is 20.9 Å². The third kappa shape index (κ3) is 5.21. The van der Waals surface area contributed by atoms with Gasteiger partial charge in [-0.1, -0.05) is 12.1 Å². The highest BCUT2D eigenvalue weighted by Gasteiger charge is 2.13. The number of ether oxygens (including phenoxy) is 1. The van der Waals surface area contributed by atoms with E-state index in [0.717, 1.165) is 36.6 Å². The number of nitrogens with one attached hydrogen (secondary N) is 3. The van der Waals surface area contributed by atoms with E-state index in [1.165, 1.54) is 12.8 Å². The summed E-state index contributed by atoms with van der Waals surface area (Å²) >= 11 is 0. The Morgan fingerprint density at radius 2 is 1.89 bits per heavy atom. The molecule has 0 radical (unpaired) electrons. The van der Waals surface area contributed by atoms with Crippen molar-refractivity contribution in [2.24, 2.45) is 5.18 Å². The van der Waals surface area contributed by atoms with Gasteiger partial charge in [0.05, 0.1) is 11.1 Å². The lowest BCUT2D eigenvalue weighted by Gasteiger charge is -2.15. The topological polar surface area (TPSA) is 112 Å². The molecule has 1 saturated heterocycles. The first-order valence-corrected chi connectivity index (χ1v) is 12.1. The number of anilines is 4. The second-order valence-corrected chi connectivity index (χ2v) is 8.86. The first kappa shape index (κ1) is 23.5. The van der Waals surface area contributed by atoms with E-state index in [-0.39, 0.29) is 5.56 Å². The molecule has 0 saturated carbocycles. The fourth-order valence-electron chi connectivity index (χ4n) is 4.46. The molecule has 9 heteroatoms. The van der Waals surface area contributed by atoms with Crippen LogP contribution in [0.3, 0.4) is 0 Å². The molecule has 0 atom stereocenters. The molecule has 0 spiro atoms. The van der Waals surface area contributed by atoms with Gasteiger partial charge in [-0.3, -0.25) is 9.69 Å². The Hall–Kier alpha value is -4.24. The molecule has 0 amide bonds.